The van der Waals surface area contributed by atoms with Gasteiger partial charge in [-0.2, -0.15) is 0 Å². The van der Waals surface area contributed by atoms with Crippen LogP contribution in [0.4, 0.5) is 5.69 Å². The normalized spacial score (nSPS) is 12.0. The number of nitrogens with zero attached hydrogens (tertiary/aromatic N) is 4. The van der Waals surface area contributed by atoms with E-state index in [2.05, 4.69) is 25.5 Å². The van der Waals surface area contributed by atoms with Crippen molar-refractivity contribution in [1.29, 1.82) is 0 Å². The maximum atomic E-state index is 12.5. The molecular weight excluding hydrogens is 428 g/mol. The second-order valence-electron chi connectivity index (χ2n) is 7.14. The Morgan fingerprint density at radius 3 is 2.84 bits per heavy atom. The molecule has 9 nitrogen and oxygen atoms in total. The summed E-state index contributed by atoms with van der Waals surface area (Å²) in [5, 5.41) is 12.2. The van der Waals surface area contributed by atoms with Crippen molar-refractivity contribution in [3.63, 3.8) is 0 Å². The maximum absolute atomic E-state index is 12.5. The summed E-state index contributed by atoms with van der Waals surface area (Å²) in [6.45, 7) is 1.93. The molecule has 0 aliphatic rings. The number of thioether (sulfide) groups is 1. The Bertz CT molecular complexity index is 1330. The van der Waals surface area contributed by atoms with Crippen LogP contribution in [-0.2, 0) is 18.3 Å². The van der Waals surface area contributed by atoms with Gasteiger partial charge in [0.05, 0.1) is 29.7 Å². The average molecular weight is 451 g/mol. The summed E-state index contributed by atoms with van der Waals surface area (Å²) >= 11 is 1.41. The third-order valence-electron chi connectivity index (χ3n) is 4.90. The molecule has 4 aromatic rings. The van der Waals surface area contributed by atoms with Crippen LogP contribution in [0.3, 0.4) is 0 Å². The summed E-state index contributed by atoms with van der Waals surface area (Å²) in [4.78, 5) is 32.2. The number of nitrogens with one attached hydrogen (secondary N) is 2. The summed E-state index contributed by atoms with van der Waals surface area (Å²) in [6, 6.07) is 14.4. The van der Waals surface area contributed by atoms with Crippen LogP contribution >= 0.6 is 11.8 Å². The van der Waals surface area contributed by atoms with E-state index in [4.69, 9.17) is 4.74 Å². The number of ether oxygens (including phenoxy) is 1. The Morgan fingerprint density at radius 2 is 2.03 bits per heavy atom. The van der Waals surface area contributed by atoms with E-state index in [1.807, 2.05) is 25.1 Å². The predicted molar refractivity (Wildman–Crippen MR) is 123 cm³/mol. The van der Waals surface area contributed by atoms with E-state index in [-0.39, 0.29) is 23.1 Å². The molecule has 2 heterocycles. The Hall–Kier alpha value is -3.66. The summed E-state index contributed by atoms with van der Waals surface area (Å²) < 4.78 is 6.94. The third kappa shape index (κ3) is 4.65. The van der Waals surface area contributed by atoms with Crippen LogP contribution in [0.5, 0.6) is 5.75 Å². The van der Waals surface area contributed by atoms with Gasteiger partial charge in [-0.1, -0.05) is 30.0 Å². The summed E-state index contributed by atoms with van der Waals surface area (Å²) in [6.07, 6.45) is 0.0701. The van der Waals surface area contributed by atoms with Gasteiger partial charge in [-0.3, -0.25) is 9.59 Å². The second-order valence-corrected chi connectivity index (χ2v) is 8.45. The first-order valence-electron chi connectivity index (χ1n) is 9.92. The van der Waals surface area contributed by atoms with Crippen LogP contribution < -0.4 is 15.6 Å². The van der Waals surface area contributed by atoms with E-state index >= 15 is 0 Å². The lowest BCUT2D eigenvalue weighted by molar-refractivity contribution is -0.115. The monoisotopic (exact) mass is 450 g/mol. The zero-order valence-corrected chi connectivity index (χ0v) is 18.6. The van der Waals surface area contributed by atoms with Gasteiger partial charge in [0.1, 0.15) is 17.4 Å². The van der Waals surface area contributed by atoms with Gasteiger partial charge in [0.25, 0.3) is 5.56 Å². The summed E-state index contributed by atoms with van der Waals surface area (Å²) in [5.41, 5.74) is 1.11. The molecular formula is C22H22N6O3S. The van der Waals surface area contributed by atoms with Crippen molar-refractivity contribution in [3.8, 4) is 5.75 Å². The molecule has 1 amide bonds. The average Bonchev–Trinajstić information content (AvgIpc) is 3.12. The van der Waals surface area contributed by atoms with Crippen molar-refractivity contribution in [1.82, 2.24) is 24.7 Å². The van der Waals surface area contributed by atoms with Crippen LogP contribution in [0.15, 0.2) is 58.5 Å². The van der Waals surface area contributed by atoms with Gasteiger partial charge in [-0.25, -0.2) is 4.98 Å². The van der Waals surface area contributed by atoms with E-state index in [0.29, 0.717) is 39.1 Å². The topological polar surface area (TPSA) is 115 Å². The SMILES string of the molecule is COc1cccc(NC(=O)Cc2nnc(S[C@@H](C)c3nc4ccccc4c(=O)[nH]3)n2C)c1. The molecule has 32 heavy (non-hydrogen) atoms. The molecule has 0 aliphatic heterocycles. The molecule has 1 atom stereocenters. The number of rotatable bonds is 7. The fourth-order valence-electron chi connectivity index (χ4n) is 3.16. The highest BCUT2D eigenvalue weighted by atomic mass is 32.2. The molecule has 0 radical (unpaired) electrons. The van der Waals surface area contributed by atoms with E-state index < -0.39 is 0 Å². The van der Waals surface area contributed by atoms with E-state index in [0.717, 1.165) is 0 Å². The molecule has 0 aliphatic carbocycles. The molecule has 2 aromatic heterocycles. The standard InChI is InChI=1S/C22H22N6O3S/c1-13(20-24-17-10-5-4-9-16(17)21(30)25-20)32-22-27-26-18(28(22)2)12-19(29)23-14-7-6-8-15(11-14)31-3/h4-11,13H,12H2,1-3H3,(H,23,29)(H,24,25,30)/t13-/m0/s1. The maximum Gasteiger partial charge on any atom is 0.258 e. The Kier molecular flexibility index (Phi) is 6.22. The number of amides is 1. The lowest BCUT2D eigenvalue weighted by Gasteiger charge is -2.11. The van der Waals surface area contributed by atoms with Crippen LogP contribution in [0.25, 0.3) is 10.9 Å². The van der Waals surface area contributed by atoms with Gasteiger partial charge in [-0.15, -0.1) is 10.2 Å². The number of hydrogen-bond donors (Lipinski definition) is 2. The summed E-state index contributed by atoms with van der Waals surface area (Å²) in [5.74, 6) is 1.53. The van der Waals surface area contributed by atoms with Gasteiger partial charge in [0.15, 0.2) is 5.16 Å². The molecule has 4 rings (SSSR count). The highest BCUT2D eigenvalue weighted by Crippen LogP contribution is 2.32. The predicted octanol–water partition coefficient (Wildman–Crippen LogP) is 3.09. The highest BCUT2D eigenvalue weighted by Gasteiger charge is 2.18. The quantitative estimate of drug-likeness (QED) is 0.416. The Balaban J connectivity index is 1.45. The molecule has 0 saturated carbocycles. The van der Waals surface area contributed by atoms with E-state index in [1.165, 1.54) is 11.8 Å². The Labute approximate surface area is 188 Å². The van der Waals surface area contributed by atoms with Crippen LogP contribution in [0, 0.1) is 0 Å². The van der Waals surface area contributed by atoms with Crippen molar-refractivity contribution in [2.75, 3.05) is 12.4 Å². The van der Waals surface area contributed by atoms with Gasteiger partial charge < -0.3 is 19.6 Å². The number of aromatic amines is 1. The number of hydrogen-bond acceptors (Lipinski definition) is 7. The van der Waals surface area contributed by atoms with Gasteiger partial charge in [0, 0.05) is 18.8 Å². The first-order chi connectivity index (χ1) is 15.4. The van der Waals surface area contributed by atoms with Gasteiger partial charge >= 0.3 is 0 Å². The minimum atomic E-state index is -0.209. The second kappa shape index (κ2) is 9.23. The molecule has 164 valence electrons. The van der Waals surface area contributed by atoms with Crippen LogP contribution in [0.1, 0.15) is 23.8 Å². The van der Waals surface area contributed by atoms with E-state index in [9.17, 15) is 9.59 Å². The first kappa shape index (κ1) is 21.6. The number of carbonyl (C=O) groups is 1. The molecule has 2 N–H and O–H groups in total. The molecule has 0 spiro atoms. The fraction of sp³-hybridized carbons (Fsp3) is 0.227. The van der Waals surface area contributed by atoms with Gasteiger partial charge in [0.2, 0.25) is 5.91 Å². The third-order valence-corrected chi connectivity index (χ3v) is 6.04. The summed E-state index contributed by atoms with van der Waals surface area (Å²) in [7, 11) is 3.38. The number of benzene rings is 2. The van der Waals surface area contributed by atoms with Crippen molar-refractivity contribution in [2.45, 2.75) is 23.8 Å². The zero-order chi connectivity index (χ0) is 22.7. The number of methoxy groups -OCH3 is 1. The lowest BCUT2D eigenvalue weighted by atomic mass is 10.2. The van der Waals surface area contributed by atoms with Crippen molar-refractivity contribution in [3.05, 3.63) is 70.5 Å². The smallest absolute Gasteiger partial charge is 0.258 e. The number of para-hydroxylation sites is 1. The minimum Gasteiger partial charge on any atom is -0.497 e. The highest BCUT2D eigenvalue weighted by molar-refractivity contribution is 7.99. The van der Waals surface area contributed by atoms with E-state index in [1.54, 1.807) is 49.1 Å². The van der Waals surface area contributed by atoms with Crippen molar-refractivity contribution in [2.24, 2.45) is 7.05 Å². The molecule has 0 saturated heterocycles. The number of carbonyl (C=O) groups excluding carboxylic acids is 1. The molecule has 2 aromatic carbocycles. The molecule has 0 bridgehead atoms. The number of aromatic nitrogens is 5. The van der Waals surface area contributed by atoms with Gasteiger partial charge in [-0.05, 0) is 31.2 Å². The largest absolute Gasteiger partial charge is 0.497 e. The molecule has 0 fully saturated rings. The number of fused-ring (bicyclic) bond motifs is 1. The van der Waals surface area contributed by atoms with Crippen LogP contribution in [0.2, 0.25) is 0 Å². The van der Waals surface area contributed by atoms with Crippen LogP contribution in [-0.4, -0.2) is 37.7 Å². The lowest BCUT2D eigenvalue weighted by Crippen LogP contribution is -2.17. The molecule has 10 heteroatoms. The number of H-pyrrole nitrogens is 1. The zero-order valence-electron chi connectivity index (χ0n) is 17.8. The fourth-order valence-corrected chi connectivity index (χ4v) is 4.05. The Morgan fingerprint density at radius 1 is 1.22 bits per heavy atom. The van der Waals surface area contributed by atoms with Crippen molar-refractivity contribution >= 4 is 34.3 Å². The van der Waals surface area contributed by atoms with Crippen molar-refractivity contribution < 1.29 is 9.53 Å². The molecule has 0 unspecified atom stereocenters. The number of anilines is 1. The first-order valence-corrected chi connectivity index (χ1v) is 10.8. The minimum absolute atomic E-state index is 0.0701.